The van der Waals surface area contributed by atoms with E-state index in [2.05, 4.69) is 15.9 Å². The Morgan fingerprint density at radius 1 is 1.42 bits per heavy atom. The summed E-state index contributed by atoms with van der Waals surface area (Å²) in [5.74, 6) is -0.563. The van der Waals surface area contributed by atoms with E-state index in [0.29, 0.717) is 20.7 Å². The maximum atomic E-state index is 11.9. The van der Waals surface area contributed by atoms with Gasteiger partial charge in [-0.2, -0.15) is 0 Å². The van der Waals surface area contributed by atoms with Crippen LogP contribution in [0.25, 0.3) is 6.08 Å². The number of nitrogens with zero attached hydrogens (tertiary/aromatic N) is 1. The molecule has 6 nitrogen and oxygen atoms in total. The summed E-state index contributed by atoms with van der Waals surface area (Å²) in [4.78, 5) is 36.1. The van der Waals surface area contributed by atoms with Crippen LogP contribution in [0.5, 0.6) is 5.75 Å². The Kier molecular flexibility index (Phi) is 6.31. The van der Waals surface area contributed by atoms with Crippen LogP contribution in [0, 0.1) is 0 Å². The third kappa shape index (κ3) is 4.31. The molecule has 0 radical (unpaired) electrons. The lowest BCUT2D eigenvalue weighted by molar-refractivity contribution is -0.145. The molecule has 128 valence electrons. The molecule has 1 heterocycles. The first-order chi connectivity index (χ1) is 11.3. The molecular weight excluding hydrogens is 422 g/mol. The Morgan fingerprint density at radius 3 is 2.67 bits per heavy atom. The van der Waals surface area contributed by atoms with Crippen molar-refractivity contribution in [1.82, 2.24) is 4.90 Å². The zero-order chi connectivity index (χ0) is 17.9. The second kappa shape index (κ2) is 8.04. The van der Waals surface area contributed by atoms with Crippen LogP contribution in [-0.2, 0) is 14.3 Å². The summed E-state index contributed by atoms with van der Waals surface area (Å²) in [5, 5.41) is -0.0681. The summed E-state index contributed by atoms with van der Waals surface area (Å²) in [7, 11) is 1.42. The predicted molar refractivity (Wildman–Crippen MR) is 95.0 cm³/mol. The molecule has 1 aliphatic rings. The molecule has 1 aromatic rings. The first-order valence-electron chi connectivity index (χ1n) is 6.82. The van der Waals surface area contributed by atoms with Gasteiger partial charge in [-0.3, -0.25) is 14.5 Å². The molecule has 1 aromatic carbocycles. The fraction of sp³-hybridized carbons (Fsp3) is 0.267. The zero-order valence-corrected chi connectivity index (χ0v) is 16.0. The van der Waals surface area contributed by atoms with Crippen molar-refractivity contribution in [3.63, 3.8) is 0 Å². The molecule has 0 bridgehead atoms. The van der Waals surface area contributed by atoms with Crippen molar-refractivity contribution in [2.75, 3.05) is 20.3 Å². The van der Waals surface area contributed by atoms with Crippen molar-refractivity contribution in [2.45, 2.75) is 6.92 Å². The summed E-state index contributed by atoms with van der Waals surface area (Å²) < 4.78 is 10.6. The van der Waals surface area contributed by atoms with Crippen molar-refractivity contribution in [3.8, 4) is 5.75 Å². The van der Waals surface area contributed by atoms with Crippen LogP contribution in [-0.4, -0.2) is 42.3 Å². The topological polar surface area (TPSA) is 72.9 Å². The van der Waals surface area contributed by atoms with Crippen LogP contribution in [0.15, 0.2) is 21.5 Å². The normalized spacial score (nSPS) is 16.0. The number of hydrogen-bond acceptors (Lipinski definition) is 6. The van der Waals surface area contributed by atoms with E-state index in [1.54, 1.807) is 25.1 Å². The van der Waals surface area contributed by atoms with Crippen molar-refractivity contribution in [2.24, 2.45) is 0 Å². The quantitative estimate of drug-likeness (QED) is 0.519. The van der Waals surface area contributed by atoms with Crippen LogP contribution in [0.3, 0.4) is 0 Å². The molecule has 2 rings (SSSR count). The van der Waals surface area contributed by atoms with E-state index in [-0.39, 0.29) is 29.4 Å². The Hall–Kier alpha value is -1.51. The number of hydrogen-bond donors (Lipinski definition) is 0. The molecule has 24 heavy (non-hydrogen) atoms. The highest BCUT2D eigenvalue weighted by Gasteiger charge is 2.31. The Balaban J connectivity index is 2.19. The highest BCUT2D eigenvalue weighted by Crippen LogP contribution is 2.37. The van der Waals surface area contributed by atoms with Crippen LogP contribution in [0.1, 0.15) is 12.5 Å². The van der Waals surface area contributed by atoms with E-state index in [9.17, 15) is 14.4 Å². The van der Waals surface area contributed by atoms with Gasteiger partial charge in [0.15, 0.2) is 12.4 Å². The summed E-state index contributed by atoms with van der Waals surface area (Å²) in [6.45, 7) is 1.70. The molecule has 1 saturated heterocycles. The first kappa shape index (κ1) is 18.8. The summed E-state index contributed by atoms with van der Waals surface area (Å²) in [6.07, 6.45) is 1.57. The predicted octanol–water partition coefficient (Wildman–Crippen LogP) is 3.71. The van der Waals surface area contributed by atoms with Gasteiger partial charge in [0.2, 0.25) is 0 Å². The van der Waals surface area contributed by atoms with Gasteiger partial charge in [0.1, 0.15) is 0 Å². The zero-order valence-electron chi connectivity index (χ0n) is 12.8. The van der Waals surface area contributed by atoms with Gasteiger partial charge in [0.25, 0.3) is 11.1 Å². The second-order valence-corrected chi connectivity index (χ2v) is 6.90. The van der Waals surface area contributed by atoms with Gasteiger partial charge in [-0.05, 0) is 58.4 Å². The van der Waals surface area contributed by atoms with E-state index in [4.69, 9.17) is 21.1 Å². The fourth-order valence-electron chi connectivity index (χ4n) is 1.83. The lowest BCUT2D eigenvalue weighted by Gasteiger charge is -2.10. The van der Waals surface area contributed by atoms with E-state index in [1.807, 2.05) is 0 Å². The molecular formula is C15H13BrClNO5S. The second-order valence-electron chi connectivity index (χ2n) is 4.65. The number of likely N-dealkylation sites (N-methyl/N-ethyl adjacent to an activating group) is 1. The molecule has 9 heteroatoms. The van der Waals surface area contributed by atoms with Gasteiger partial charge in [-0.1, -0.05) is 11.6 Å². The highest BCUT2D eigenvalue weighted by molar-refractivity contribution is 9.10. The Labute approximate surface area is 156 Å². The molecule has 0 atom stereocenters. The van der Waals surface area contributed by atoms with Gasteiger partial charge in [0.05, 0.1) is 21.0 Å². The van der Waals surface area contributed by atoms with Crippen molar-refractivity contribution in [1.29, 1.82) is 0 Å². The minimum absolute atomic E-state index is 0.260. The maximum Gasteiger partial charge on any atom is 0.344 e. The van der Waals surface area contributed by atoms with E-state index >= 15 is 0 Å². The van der Waals surface area contributed by atoms with Crippen LogP contribution < -0.4 is 4.74 Å². The average molecular weight is 435 g/mol. The molecule has 1 aliphatic heterocycles. The number of rotatable bonds is 5. The molecule has 0 spiro atoms. The van der Waals surface area contributed by atoms with Gasteiger partial charge in [0, 0.05) is 7.05 Å². The minimum atomic E-state index is -0.499. The smallest absolute Gasteiger partial charge is 0.344 e. The minimum Gasteiger partial charge on any atom is -0.479 e. The number of amides is 2. The van der Waals surface area contributed by atoms with E-state index in [1.165, 1.54) is 7.05 Å². The number of imide groups is 1. The molecule has 2 amide bonds. The molecule has 1 fully saturated rings. The molecule has 0 unspecified atom stereocenters. The van der Waals surface area contributed by atoms with Gasteiger partial charge < -0.3 is 9.47 Å². The third-order valence-corrected chi connectivity index (χ3v) is 4.78. The molecule has 0 aliphatic carbocycles. The summed E-state index contributed by atoms with van der Waals surface area (Å²) in [5.41, 5.74) is 0.620. The standard InChI is InChI=1S/C15H13BrClNO5S/c1-3-22-12(19)7-23-13-9(16)4-8(5-10(13)17)6-11-14(20)18(2)15(21)24-11/h4-6H,3,7H2,1-2H3/b11-6-. The highest BCUT2D eigenvalue weighted by atomic mass is 79.9. The van der Waals surface area contributed by atoms with Gasteiger partial charge >= 0.3 is 5.97 Å². The lowest BCUT2D eigenvalue weighted by atomic mass is 10.2. The summed E-state index contributed by atoms with van der Waals surface area (Å²) >= 11 is 10.3. The Morgan fingerprint density at radius 2 is 2.12 bits per heavy atom. The first-order valence-corrected chi connectivity index (χ1v) is 8.81. The number of benzene rings is 1. The SMILES string of the molecule is CCOC(=O)COc1c(Cl)cc(/C=C2\SC(=O)N(C)C2=O)cc1Br. The maximum absolute atomic E-state index is 11.9. The van der Waals surface area contributed by atoms with Crippen LogP contribution >= 0.6 is 39.3 Å². The number of esters is 1. The number of carbonyl (C=O) groups excluding carboxylic acids is 3. The van der Waals surface area contributed by atoms with Crippen LogP contribution in [0.4, 0.5) is 4.79 Å². The molecule has 0 N–H and O–H groups in total. The molecule has 0 saturated carbocycles. The van der Waals surface area contributed by atoms with Crippen LogP contribution in [0.2, 0.25) is 5.02 Å². The summed E-state index contributed by atoms with van der Waals surface area (Å²) in [6, 6.07) is 3.26. The fourth-order valence-corrected chi connectivity index (χ4v) is 3.65. The van der Waals surface area contributed by atoms with Gasteiger partial charge in [-0.15, -0.1) is 0 Å². The van der Waals surface area contributed by atoms with Gasteiger partial charge in [-0.25, -0.2) is 4.79 Å². The largest absolute Gasteiger partial charge is 0.479 e. The van der Waals surface area contributed by atoms with Crippen molar-refractivity contribution >= 4 is 62.5 Å². The number of carbonyl (C=O) groups is 3. The van der Waals surface area contributed by atoms with Crippen molar-refractivity contribution in [3.05, 3.63) is 32.1 Å². The molecule has 0 aromatic heterocycles. The third-order valence-electron chi connectivity index (χ3n) is 2.94. The monoisotopic (exact) mass is 433 g/mol. The number of halogens is 2. The Bertz CT molecular complexity index is 714. The van der Waals surface area contributed by atoms with Crippen molar-refractivity contribution < 1.29 is 23.9 Å². The average Bonchev–Trinajstić information content (AvgIpc) is 2.74. The van der Waals surface area contributed by atoms with E-state index < -0.39 is 5.97 Å². The van der Waals surface area contributed by atoms with E-state index in [0.717, 1.165) is 16.7 Å². The number of thioether (sulfide) groups is 1. The number of ether oxygens (including phenoxy) is 2. The lowest BCUT2D eigenvalue weighted by Crippen LogP contribution is -2.22.